The zero-order valence-corrected chi connectivity index (χ0v) is 14.7. The molecule has 0 aromatic carbocycles. The van der Waals surface area contributed by atoms with Crippen LogP contribution in [0.1, 0.15) is 19.8 Å². The fourth-order valence-corrected chi connectivity index (χ4v) is 3.02. The maximum absolute atomic E-state index is 12.1. The molecule has 2 aromatic rings. The molecule has 7 nitrogen and oxygen atoms in total. The first-order chi connectivity index (χ1) is 11.7. The van der Waals surface area contributed by atoms with Crippen molar-refractivity contribution in [3.8, 4) is 17.5 Å². The average Bonchev–Trinajstić information content (AvgIpc) is 3.01. The summed E-state index contributed by atoms with van der Waals surface area (Å²) in [6.45, 7) is 3.32. The molecule has 0 atom stereocenters. The molecule has 0 aliphatic carbocycles. The Balaban J connectivity index is 2.09. The molecule has 2 aromatic heterocycles. The minimum absolute atomic E-state index is 0.0215. The summed E-state index contributed by atoms with van der Waals surface area (Å²) in [5, 5.41) is 17.8. The van der Waals surface area contributed by atoms with Crippen molar-refractivity contribution in [2.45, 2.75) is 31.5 Å². The highest BCUT2D eigenvalue weighted by atomic mass is 32.2. The first-order valence-corrected chi connectivity index (χ1v) is 8.73. The van der Waals surface area contributed by atoms with Crippen molar-refractivity contribution in [1.82, 2.24) is 24.6 Å². The Morgan fingerprint density at radius 2 is 2.12 bits per heavy atom. The van der Waals surface area contributed by atoms with Gasteiger partial charge in [0.05, 0.1) is 18.2 Å². The maximum Gasteiger partial charge on any atom is 0.232 e. The van der Waals surface area contributed by atoms with Crippen molar-refractivity contribution >= 4 is 17.7 Å². The minimum Gasteiger partial charge on any atom is -0.344 e. The summed E-state index contributed by atoms with van der Waals surface area (Å²) in [4.78, 5) is 17.7. The van der Waals surface area contributed by atoms with Crippen LogP contribution < -0.4 is 0 Å². The van der Waals surface area contributed by atoms with Gasteiger partial charge in [0.15, 0.2) is 11.0 Å². The van der Waals surface area contributed by atoms with E-state index in [4.69, 9.17) is 5.26 Å². The second-order valence-corrected chi connectivity index (χ2v) is 6.15. The fourth-order valence-electron chi connectivity index (χ4n) is 2.11. The third kappa shape index (κ3) is 4.55. The number of carbonyl (C=O) groups is 1. The normalized spacial score (nSPS) is 10.4. The number of carbonyl (C=O) groups excluding carboxylic acids is 1. The number of nitriles is 1. The Hall–Kier alpha value is -2.40. The van der Waals surface area contributed by atoms with Crippen LogP contribution in [0.25, 0.3) is 11.4 Å². The maximum atomic E-state index is 12.1. The van der Waals surface area contributed by atoms with Gasteiger partial charge in [-0.05, 0) is 18.6 Å². The summed E-state index contributed by atoms with van der Waals surface area (Å²) in [5.41, 5.74) is 0.954. The minimum atomic E-state index is -0.0215. The molecule has 0 aliphatic rings. The van der Waals surface area contributed by atoms with E-state index in [0.717, 1.165) is 29.5 Å². The predicted molar refractivity (Wildman–Crippen MR) is 92.1 cm³/mol. The first-order valence-electron chi connectivity index (χ1n) is 7.74. The van der Waals surface area contributed by atoms with E-state index in [-0.39, 0.29) is 11.7 Å². The van der Waals surface area contributed by atoms with E-state index in [1.165, 1.54) is 11.8 Å². The Labute approximate surface area is 145 Å². The van der Waals surface area contributed by atoms with Crippen molar-refractivity contribution in [3.05, 3.63) is 24.5 Å². The zero-order chi connectivity index (χ0) is 17.4. The van der Waals surface area contributed by atoms with E-state index in [1.807, 2.05) is 22.8 Å². The van der Waals surface area contributed by atoms with E-state index in [0.29, 0.717) is 13.0 Å². The molecule has 126 valence electrons. The van der Waals surface area contributed by atoms with Crippen LogP contribution in [0.3, 0.4) is 0 Å². The molecule has 24 heavy (non-hydrogen) atoms. The Morgan fingerprint density at radius 1 is 1.38 bits per heavy atom. The van der Waals surface area contributed by atoms with E-state index < -0.39 is 0 Å². The summed E-state index contributed by atoms with van der Waals surface area (Å²) < 4.78 is 2.03. The molecule has 0 N–H and O–H groups in total. The summed E-state index contributed by atoms with van der Waals surface area (Å²) >= 11 is 1.37. The number of nitrogens with zero attached hydrogens (tertiary/aromatic N) is 6. The molecule has 1 amide bonds. The third-order valence-electron chi connectivity index (χ3n) is 3.41. The molecular formula is C16H20N6OS. The quantitative estimate of drug-likeness (QED) is 0.682. The van der Waals surface area contributed by atoms with Crippen LogP contribution in [-0.4, -0.2) is 49.9 Å². The number of aromatic nitrogens is 4. The van der Waals surface area contributed by atoms with Gasteiger partial charge >= 0.3 is 0 Å². The number of pyridine rings is 1. The average molecular weight is 344 g/mol. The lowest BCUT2D eigenvalue weighted by atomic mass is 10.2. The van der Waals surface area contributed by atoms with Gasteiger partial charge in [-0.15, -0.1) is 10.2 Å². The van der Waals surface area contributed by atoms with Gasteiger partial charge in [0.2, 0.25) is 5.91 Å². The molecule has 0 fully saturated rings. The van der Waals surface area contributed by atoms with E-state index in [9.17, 15) is 4.79 Å². The molecule has 2 rings (SSSR count). The lowest BCUT2D eigenvalue weighted by Crippen LogP contribution is -2.29. The van der Waals surface area contributed by atoms with Crippen molar-refractivity contribution in [2.75, 3.05) is 19.3 Å². The van der Waals surface area contributed by atoms with E-state index in [1.54, 1.807) is 24.3 Å². The van der Waals surface area contributed by atoms with Gasteiger partial charge in [-0.2, -0.15) is 5.26 Å². The molecule has 0 saturated heterocycles. The monoisotopic (exact) mass is 344 g/mol. The standard InChI is InChI=1S/C16H20N6OS/c1-3-10-22-15(13-5-8-18-9-6-13)19-20-16(22)24-12-14(23)21(2)11-4-7-17/h5-6,8-9H,3-4,10-12H2,1-2H3. The smallest absolute Gasteiger partial charge is 0.232 e. The Kier molecular flexibility index (Phi) is 6.75. The molecule has 0 saturated carbocycles. The largest absolute Gasteiger partial charge is 0.344 e. The number of rotatable bonds is 8. The Morgan fingerprint density at radius 3 is 2.79 bits per heavy atom. The number of hydrogen-bond donors (Lipinski definition) is 0. The van der Waals surface area contributed by atoms with Crippen LogP contribution in [0.15, 0.2) is 29.7 Å². The molecule has 0 aliphatic heterocycles. The topological polar surface area (TPSA) is 87.7 Å². The summed E-state index contributed by atoms with van der Waals surface area (Å²) in [5.74, 6) is 1.04. The highest BCUT2D eigenvalue weighted by Gasteiger charge is 2.16. The summed E-state index contributed by atoms with van der Waals surface area (Å²) in [7, 11) is 1.71. The van der Waals surface area contributed by atoms with Crippen LogP contribution in [0.5, 0.6) is 0 Å². The van der Waals surface area contributed by atoms with Gasteiger partial charge in [0.25, 0.3) is 0 Å². The Bertz CT molecular complexity index is 709. The third-order valence-corrected chi connectivity index (χ3v) is 4.36. The van der Waals surface area contributed by atoms with E-state index >= 15 is 0 Å². The number of hydrogen-bond acceptors (Lipinski definition) is 6. The van der Waals surface area contributed by atoms with E-state index in [2.05, 4.69) is 22.1 Å². The molecule has 0 bridgehead atoms. The molecule has 2 heterocycles. The van der Waals surface area contributed by atoms with Crippen LogP contribution in [0.4, 0.5) is 0 Å². The fraction of sp³-hybridized carbons (Fsp3) is 0.438. The van der Waals surface area contributed by atoms with Crippen molar-refractivity contribution < 1.29 is 4.79 Å². The second kappa shape index (κ2) is 9.03. The van der Waals surface area contributed by atoms with Gasteiger partial charge in [0, 0.05) is 38.1 Å². The number of thioether (sulfide) groups is 1. The molecule has 0 radical (unpaired) electrons. The summed E-state index contributed by atoms with van der Waals surface area (Å²) in [6.07, 6.45) is 4.73. The highest BCUT2D eigenvalue weighted by Crippen LogP contribution is 2.24. The van der Waals surface area contributed by atoms with Gasteiger partial charge in [-0.1, -0.05) is 18.7 Å². The SMILES string of the molecule is CCCn1c(SCC(=O)N(C)CCC#N)nnc1-c1ccncc1. The second-order valence-electron chi connectivity index (χ2n) is 5.21. The predicted octanol–water partition coefficient (Wildman–Crippen LogP) is 2.21. The molecular weight excluding hydrogens is 324 g/mol. The van der Waals surface area contributed by atoms with Crippen LogP contribution in [0, 0.1) is 11.3 Å². The van der Waals surface area contributed by atoms with Gasteiger partial charge in [-0.25, -0.2) is 0 Å². The molecule has 0 spiro atoms. The first kappa shape index (κ1) is 17.9. The highest BCUT2D eigenvalue weighted by molar-refractivity contribution is 7.99. The van der Waals surface area contributed by atoms with Crippen LogP contribution in [0.2, 0.25) is 0 Å². The molecule has 0 unspecified atom stereocenters. The van der Waals surface area contributed by atoms with Crippen molar-refractivity contribution in [2.24, 2.45) is 0 Å². The van der Waals surface area contributed by atoms with Gasteiger partial charge < -0.3 is 9.47 Å². The van der Waals surface area contributed by atoms with Crippen molar-refractivity contribution in [3.63, 3.8) is 0 Å². The van der Waals surface area contributed by atoms with Gasteiger partial charge in [0.1, 0.15) is 0 Å². The van der Waals surface area contributed by atoms with Crippen molar-refractivity contribution in [1.29, 1.82) is 5.26 Å². The summed E-state index contributed by atoms with van der Waals surface area (Å²) in [6, 6.07) is 5.83. The van der Waals surface area contributed by atoms with Gasteiger partial charge in [-0.3, -0.25) is 9.78 Å². The lowest BCUT2D eigenvalue weighted by Gasteiger charge is -2.15. The molecule has 8 heteroatoms. The van der Waals surface area contributed by atoms with Crippen LogP contribution >= 0.6 is 11.8 Å². The zero-order valence-electron chi connectivity index (χ0n) is 13.8. The lowest BCUT2D eigenvalue weighted by molar-refractivity contribution is -0.127. The van der Waals surface area contributed by atoms with Crippen LogP contribution in [-0.2, 0) is 11.3 Å². The number of amides is 1.